The van der Waals surface area contributed by atoms with Crippen LogP contribution in [0.1, 0.15) is 29.5 Å². The second-order valence-corrected chi connectivity index (χ2v) is 6.82. The van der Waals surface area contributed by atoms with E-state index in [-0.39, 0.29) is 24.0 Å². The van der Waals surface area contributed by atoms with Gasteiger partial charge in [-0.05, 0) is 43.4 Å². The number of guanidine groups is 1. The van der Waals surface area contributed by atoms with Gasteiger partial charge in [-0.3, -0.25) is 4.99 Å². The first kappa shape index (κ1) is 22.3. The number of nitrogens with zero attached hydrogens (tertiary/aromatic N) is 2. The van der Waals surface area contributed by atoms with Crippen molar-refractivity contribution in [2.24, 2.45) is 10.9 Å². The minimum absolute atomic E-state index is 0. The Bertz CT molecular complexity index is 794. The molecule has 0 unspecified atom stereocenters. The summed E-state index contributed by atoms with van der Waals surface area (Å²) in [5, 5.41) is 6.65. The second kappa shape index (κ2) is 11.1. The van der Waals surface area contributed by atoms with E-state index >= 15 is 0 Å². The summed E-state index contributed by atoms with van der Waals surface area (Å²) in [5.74, 6) is 3.03. The molecule has 0 atom stereocenters. The molecule has 28 heavy (non-hydrogen) atoms. The fraction of sp³-hybridized carbons (Fsp3) is 0.429. The molecular formula is C21H29IN4O2. The van der Waals surface area contributed by atoms with Crippen LogP contribution in [0.4, 0.5) is 0 Å². The molecule has 0 saturated heterocycles. The quantitative estimate of drug-likeness (QED) is 0.332. The van der Waals surface area contributed by atoms with Crippen molar-refractivity contribution in [3.8, 4) is 11.6 Å². The average Bonchev–Trinajstić information content (AvgIpc) is 3.52. The molecule has 6 nitrogen and oxygen atoms in total. The number of halogens is 1. The lowest BCUT2D eigenvalue weighted by atomic mass is 10.1. The van der Waals surface area contributed by atoms with Crippen molar-refractivity contribution in [1.29, 1.82) is 0 Å². The molecule has 1 aliphatic rings. The van der Waals surface area contributed by atoms with Crippen molar-refractivity contribution >= 4 is 29.9 Å². The Kier molecular flexibility index (Phi) is 8.82. The number of nitrogens with one attached hydrogen (secondary N) is 2. The highest BCUT2D eigenvalue weighted by atomic mass is 127. The number of aromatic nitrogens is 1. The predicted molar refractivity (Wildman–Crippen MR) is 123 cm³/mol. The summed E-state index contributed by atoms with van der Waals surface area (Å²) >= 11 is 0. The predicted octanol–water partition coefficient (Wildman–Crippen LogP) is 3.67. The Labute approximate surface area is 184 Å². The van der Waals surface area contributed by atoms with Gasteiger partial charge in [-0.15, -0.1) is 24.0 Å². The summed E-state index contributed by atoms with van der Waals surface area (Å²) in [7, 11) is 3.38. The number of hydrogen-bond donors (Lipinski definition) is 2. The topological polar surface area (TPSA) is 67.8 Å². The van der Waals surface area contributed by atoms with Gasteiger partial charge in [0, 0.05) is 37.5 Å². The molecule has 0 spiro atoms. The van der Waals surface area contributed by atoms with E-state index in [0.29, 0.717) is 19.0 Å². The van der Waals surface area contributed by atoms with Gasteiger partial charge in [-0.2, -0.15) is 0 Å². The van der Waals surface area contributed by atoms with Crippen LogP contribution in [0.5, 0.6) is 11.6 Å². The third-order valence-electron chi connectivity index (χ3n) is 4.55. The summed E-state index contributed by atoms with van der Waals surface area (Å²) < 4.78 is 11.3. The molecule has 0 amide bonds. The van der Waals surface area contributed by atoms with Crippen LogP contribution in [0.3, 0.4) is 0 Å². The maximum Gasteiger partial charge on any atom is 0.218 e. The number of benzene rings is 1. The van der Waals surface area contributed by atoms with E-state index in [0.717, 1.165) is 35.4 Å². The summed E-state index contributed by atoms with van der Waals surface area (Å²) in [4.78, 5) is 8.51. The Morgan fingerprint density at radius 2 is 1.93 bits per heavy atom. The number of ether oxygens (including phenoxy) is 2. The van der Waals surface area contributed by atoms with Crippen LogP contribution in [0.2, 0.25) is 0 Å². The zero-order valence-corrected chi connectivity index (χ0v) is 19.0. The van der Waals surface area contributed by atoms with Gasteiger partial charge >= 0.3 is 0 Å². The molecule has 1 aliphatic carbocycles. The number of aryl methyl sites for hydroxylation is 1. The van der Waals surface area contributed by atoms with Gasteiger partial charge in [-0.1, -0.05) is 18.2 Å². The molecule has 2 aromatic rings. The summed E-state index contributed by atoms with van der Waals surface area (Å²) in [6.45, 7) is 4.12. The molecular weight excluding hydrogens is 467 g/mol. The molecule has 0 aliphatic heterocycles. The van der Waals surface area contributed by atoms with Gasteiger partial charge < -0.3 is 20.1 Å². The van der Waals surface area contributed by atoms with Crippen LogP contribution >= 0.6 is 24.0 Å². The molecule has 1 aromatic carbocycles. The first-order chi connectivity index (χ1) is 13.2. The fourth-order valence-electron chi connectivity index (χ4n) is 2.76. The highest BCUT2D eigenvalue weighted by Gasteiger charge is 2.22. The summed E-state index contributed by atoms with van der Waals surface area (Å²) in [6.07, 6.45) is 4.29. The Morgan fingerprint density at radius 1 is 1.18 bits per heavy atom. The van der Waals surface area contributed by atoms with Gasteiger partial charge in [0.2, 0.25) is 5.88 Å². The lowest BCUT2D eigenvalue weighted by Crippen LogP contribution is -2.36. The van der Waals surface area contributed by atoms with Gasteiger partial charge in [0.05, 0.1) is 13.7 Å². The van der Waals surface area contributed by atoms with Crippen molar-refractivity contribution < 1.29 is 9.47 Å². The van der Waals surface area contributed by atoms with Gasteiger partial charge in [-0.25, -0.2) is 4.98 Å². The third-order valence-corrected chi connectivity index (χ3v) is 4.55. The molecule has 1 saturated carbocycles. The molecule has 1 aromatic heterocycles. The minimum atomic E-state index is 0. The maximum absolute atomic E-state index is 6.04. The smallest absolute Gasteiger partial charge is 0.218 e. The normalized spacial score (nSPS) is 13.5. The van der Waals surface area contributed by atoms with Crippen LogP contribution in [0.25, 0.3) is 0 Å². The Morgan fingerprint density at radius 3 is 2.61 bits per heavy atom. The Hall–Kier alpha value is -2.03. The van der Waals surface area contributed by atoms with Crippen molar-refractivity contribution in [1.82, 2.24) is 15.6 Å². The van der Waals surface area contributed by atoms with Crippen LogP contribution in [0, 0.1) is 12.8 Å². The van der Waals surface area contributed by atoms with Crippen LogP contribution in [-0.2, 0) is 13.1 Å². The van der Waals surface area contributed by atoms with Gasteiger partial charge in [0.1, 0.15) is 5.75 Å². The van der Waals surface area contributed by atoms with Crippen molar-refractivity contribution in [2.75, 3.05) is 20.8 Å². The van der Waals surface area contributed by atoms with E-state index in [2.05, 4.69) is 45.7 Å². The molecule has 1 fully saturated rings. The van der Waals surface area contributed by atoms with E-state index < -0.39 is 0 Å². The highest BCUT2D eigenvalue weighted by Crippen LogP contribution is 2.30. The largest absolute Gasteiger partial charge is 0.493 e. The van der Waals surface area contributed by atoms with E-state index in [1.54, 1.807) is 20.4 Å². The molecule has 2 N–H and O–H groups in total. The number of aliphatic imine (C=N–C) groups is 1. The standard InChI is InChI=1S/C21H28N4O2.HI/c1-15-6-9-17(19(11-15)27-14-16-7-8-16)12-24-21(22-2)25-13-18-5-4-10-23-20(18)26-3;/h4-6,9-11,16H,7-8,12-14H2,1-3H3,(H2,22,24,25);1H. The molecule has 3 rings (SSSR count). The Balaban J connectivity index is 0.00000280. The van der Waals surface area contributed by atoms with Gasteiger partial charge in [0.25, 0.3) is 0 Å². The molecule has 1 heterocycles. The fourth-order valence-corrected chi connectivity index (χ4v) is 2.76. The van der Waals surface area contributed by atoms with E-state index in [1.807, 2.05) is 12.1 Å². The molecule has 0 bridgehead atoms. The van der Waals surface area contributed by atoms with Crippen molar-refractivity contribution in [3.05, 3.63) is 53.2 Å². The number of hydrogen-bond acceptors (Lipinski definition) is 4. The SMILES string of the molecule is CN=C(NCc1ccc(C)cc1OCC1CC1)NCc1cccnc1OC.I. The number of methoxy groups -OCH3 is 1. The second-order valence-electron chi connectivity index (χ2n) is 6.82. The van der Waals surface area contributed by atoms with Crippen LogP contribution in [-0.4, -0.2) is 31.7 Å². The first-order valence-electron chi connectivity index (χ1n) is 9.34. The van der Waals surface area contributed by atoms with E-state index in [4.69, 9.17) is 9.47 Å². The molecule has 0 radical (unpaired) electrons. The summed E-state index contributed by atoms with van der Waals surface area (Å²) in [6, 6.07) is 10.2. The van der Waals surface area contributed by atoms with Crippen molar-refractivity contribution in [2.45, 2.75) is 32.9 Å². The molecule has 152 valence electrons. The summed E-state index contributed by atoms with van der Waals surface area (Å²) in [5.41, 5.74) is 3.31. The van der Waals surface area contributed by atoms with E-state index in [9.17, 15) is 0 Å². The lowest BCUT2D eigenvalue weighted by molar-refractivity contribution is 0.296. The molecule has 7 heteroatoms. The lowest BCUT2D eigenvalue weighted by Gasteiger charge is -2.16. The highest BCUT2D eigenvalue weighted by molar-refractivity contribution is 14.0. The number of rotatable bonds is 8. The zero-order valence-electron chi connectivity index (χ0n) is 16.7. The number of pyridine rings is 1. The van der Waals surface area contributed by atoms with Crippen molar-refractivity contribution in [3.63, 3.8) is 0 Å². The zero-order chi connectivity index (χ0) is 19.1. The maximum atomic E-state index is 6.04. The average molecular weight is 496 g/mol. The van der Waals surface area contributed by atoms with E-state index in [1.165, 1.54) is 18.4 Å². The van der Waals surface area contributed by atoms with Crippen LogP contribution in [0.15, 0.2) is 41.5 Å². The first-order valence-corrected chi connectivity index (χ1v) is 9.34. The van der Waals surface area contributed by atoms with Gasteiger partial charge in [0.15, 0.2) is 5.96 Å². The monoisotopic (exact) mass is 496 g/mol. The van der Waals surface area contributed by atoms with Crippen LogP contribution < -0.4 is 20.1 Å². The minimum Gasteiger partial charge on any atom is -0.493 e. The third kappa shape index (κ3) is 6.54.